The van der Waals surface area contributed by atoms with Gasteiger partial charge in [-0.2, -0.15) is 4.37 Å². The van der Waals surface area contributed by atoms with Crippen LogP contribution in [0.1, 0.15) is 5.82 Å². The van der Waals surface area contributed by atoms with Crippen molar-refractivity contribution in [3.8, 4) is 11.1 Å². The van der Waals surface area contributed by atoms with E-state index in [1.165, 1.54) is 11.5 Å². The highest BCUT2D eigenvalue weighted by Crippen LogP contribution is 2.36. The highest BCUT2D eigenvalue weighted by molar-refractivity contribution is 7.11. The Morgan fingerprint density at radius 3 is 3.00 bits per heavy atom. The van der Waals surface area contributed by atoms with Crippen molar-refractivity contribution >= 4 is 22.4 Å². The summed E-state index contributed by atoms with van der Waals surface area (Å²) < 4.78 is 6.25. The van der Waals surface area contributed by atoms with Crippen molar-refractivity contribution in [2.24, 2.45) is 7.05 Å². The van der Waals surface area contributed by atoms with Gasteiger partial charge in [-0.1, -0.05) is 6.07 Å². The van der Waals surface area contributed by atoms with Crippen LogP contribution in [-0.2, 0) is 13.5 Å². The summed E-state index contributed by atoms with van der Waals surface area (Å²) in [5, 5.41) is 4.36. The molecule has 3 aromatic rings. The Kier molecular flexibility index (Phi) is 3.83. The molecule has 3 rings (SSSR count). The van der Waals surface area contributed by atoms with Crippen LogP contribution in [-0.4, -0.2) is 25.5 Å². The molecule has 0 bridgehead atoms. The van der Waals surface area contributed by atoms with Crippen molar-refractivity contribution in [2.45, 2.75) is 6.42 Å². The lowest BCUT2D eigenvalue weighted by Crippen LogP contribution is -2.08. The number of nitrogen functional groups attached to an aromatic ring is 1. The summed E-state index contributed by atoms with van der Waals surface area (Å²) in [5.74, 6) is 1.58. The second-order valence-corrected chi connectivity index (χ2v) is 5.42. The first-order chi connectivity index (χ1) is 10.3. The molecule has 0 fully saturated rings. The minimum atomic E-state index is 0.535. The van der Waals surface area contributed by atoms with E-state index < -0.39 is 0 Å². The first-order valence-electron chi connectivity index (χ1n) is 6.61. The average molecular weight is 300 g/mol. The largest absolute Gasteiger partial charge is 0.382 e. The quantitative estimate of drug-likeness (QED) is 0.754. The average Bonchev–Trinajstić information content (AvgIpc) is 3.07. The molecule has 0 aliphatic rings. The van der Waals surface area contributed by atoms with Crippen molar-refractivity contribution in [1.82, 2.24) is 18.9 Å². The standard InChI is InChI=1S/C14H16N6S/c1-20-8-7-17-11(20)4-6-18-14-12(13(15)19-21-14)10-3-2-5-16-9-10/h2-3,5,7-9,18H,4,6H2,1H3,(H2,15,19). The maximum atomic E-state index is 5.98. The van der Waals surface area contributed by atoms with Gasteiger partial charge in [-0.25, -0.2) is 4.98 Å². The molecule has 0 atom stereocenters. The third-order valence-corrected chi connectivity index (χ3v) is 4.04. The number of imidazole rings is 1. The monoisotopic (exact) mass is 300 g/mol. The van der Waals surface area contributed by atoms with Crippen LogP contribution in [0, 0.1) is 0 Å². The molecule has 0 aliphatic carbocycles. The Morgan fingerprint density at radius 2 is 2.29 bits per heavy atom. The van der Waals surface area contributed by atoms with E-state index in [-0.39, 0.29) is 0 Å². The molecule has 3 aromatic heterocycles. The topological polar surface area (TPSA) is 81.7 Å². The molecule has 21 heavy (non-hydrogen) atoms. The van der Waals surface area contributed by atoms with Gasteiger partial charge in [0.1, 0.15) is 16.6 Å². The summed E-state index contributed by atoms with van der Waals surface area (Å²) in [6.07, 6.45) is 8.13. The van der Waals surface area contributed by atoms with Crippen molar-refractivity contribution in [2.75, 3.05) is 17.6 Å². The van der Waals surface area contributed by atoms with E-state index in [9.17, 15) is 0 Å². The van der Waals surface area contributed by atoms with Gasteiger partial charge in [0.05, 0.1) is 5.56 Å². The minimum Gasteiger partial charge on any atom is -0.382 e. The Hall–Kier alpha value is -2.41. The van der Waals surface area contributed by atoms with Crippen molar-refractivity contribution < 1.29 is 0 Å². The number of nitrogens with two attached hydrogens (primary N) is 1. The smallest absolute Gasteiger partial charge is 0.147 e. The molecule has 0 aromatic carbocycles. The van der Waals surface area contributed by atoms with Gasteiger partial charge >= 0.3 is 0 Å². The highest BCUT2D eigenvalue weighted by Gasteiger charge is 2.13. The second kappa shape index (κ2) is 5.92. The molecule has 0 amide bonds. The van der Waals surface area contributed by atoms with Crippen LogP contribution >= 0.6 is 11.5 Å². The van der Waals surface area contributed by atoms with Gasteiger partial charge in [0.15, 0.2) is 0 Å². The summed E-state index contributed by atoms with van der Waals surface area (Å²) >= 11 is 1.37. The Balaban J connectivity index is 1.73. The molecule has 0 saturated heterocycles. The number of nitrogens with zero attached hydrogens (tertiary/aromatic N) is 4. The van der Waals surface area contributed by atoms with Gasteiger partial charge in [0.2, 0.25) is 0 Å². The molecule has 3 N–H and O–H groups in total. The van der Waals surface area contributed by atoms with Crippen LogP contribution in [0.5, 0.6) is 0 Å². The fraction of sp³-hybridized carbons (Fsp3) is 0.214. The summed E-state index contributed by atoms with van der Waals surface area (Å²) in [7, 11) is 1.99. The zero-order chi connectivity index (χ0) is 14.7. The molecule has 7 heteroatoms. The van der Waals surface area contributed by atoms with Crippen molar-refractivity contribution in [3.63, 3.8) is 0 Å². The Labute approximate surface area is 126 Å². The van der Waals surface area contributed by atoms with E-state index >= 15 is 0 Å². The number of anilines is 2. The molecule has 3 heterocycles. The maximum Gasteiger partial charge on any atom is 0.147 e. The van der Waals surface area contributed by atoms with Gasteiger partial charge in [0, 0.05) is 50.4 Å². The SMILES string of the molecule is Cn1ccnc1CCNc1snc(N)c1-c1cccnc1. The number of aromatic nitrogens is 4. The fourth-order valence-corrected chi connectivity index (χ4v) is 2.90. The predicted molar refractivity (Wildman–Crippen MR) is 85.2 cm³/mol. The normalized spacial score (nSPS) is 10.7. The number of rotatable bonds is 5. The lowest BCUT2D eigenvalue weighted by molar-refractivity contribution is 0.790. The van der Waals surface area contributed by atoms with E-state index in [2.05, 4.69) is 19.7 Å². The van der Waals surface area contributed by atoms with Gasteiger partial charge in [-0.3, -0.25) is 4.98 Å². The van der Waals surface area contributed by atoms with Crippen LogP contribution in [0.15, 0.2) is 36.9 Å². The third-order valence-electron chi connectivity index (χ3n) is 3.22. The van der Waals surface area contributed by atoms with Crippen molar-refractivity contribution in [1.29, 1.82) is 0 Å². The number of aryl methyl sites for hydroxylation is 1. The molecule has 108 valence electrons. The Bertz CT molecular complexity index is 718. The van der Waals surface area contributed by atoms with Crippen LogP contribution < -0.4 is 11.1 Å². The third kappa shape index (κ3) is 2.87. The first kappa shape index (κ1) is 13.6. The molecule has 0 saturated carbocycles. The fourth-order valence-electron chi connectivity index (χ4n) is 2.14. The van der Waals surface area contributed by atoms with E-state index in [1.54, 1.807) is 18.6 Å². The van der Waals surface area contributed by atoms with E-state index in [0.29, 0.717) is 5.82 Å². The first-order valence-corrected chi connectivity index (χ1v) is 7.38. The van der Waals surface area contributed by atoms with Crippen LogP contribution in [0.3, 0.4) is 0 Å². The summed E-state index contributed by atoms with van der Waals surface area (Å²) in [6, 6.07) is 3.88. The predicted octanol–water partition coefficient (Wildman–Crippen LogP) is 2.18. The van der Waals surface area contributed by atoms with Crippen molar-refractivity contribution in [3.05, 3.63) is 42.7 Å². The number of hydrogen-bond donors (Lipinski definition) is 2. The highest BCUT2D eigenvalue weighted by atomic mass is 32.1. The second-order valence-electron chi connectivity index (χ2n) is 4.64. The lowest BCUT2D eigenvalue weighted by Gasteiger charge is -2.07. The van der Waals surface area contributed by atoms with Gasteiger partial charge in [-0.05, 0) is 17.6 Å². The molecule has 0 aliphatic heterocycles. The summed E-state index contributed by atoms with van der Waals surface area (Å²) in [6.45, 7) is 0.778. The number of pyridine rings is 1. The van der Waals surface area contributed by atoms with Gasteiger partial charge in [0.25, 0.3) is 0 Å². The van der Waals surface area contributed by atoms with E-state index in [1.807, 2.05) is 29.9 Å². The zero-order valence-electron chi connectivity index (χ0n) is 11.7. The molecule has 0 radical (unpaired) electrons. The summed E-state index contributed by atoms with van der Waals surface area (Å²) in [4.78, 5) is 8.44. The van der Waals surface area contributed by atoms with E-state index in [4.69, 9.17) is 5.73 Å². The summed E-state index contributed by atoms with van der Waals surface area (Å²) in [5.41, 5.74) is 7.88. The maximum absolute atomic E-state index is 5.98. The molecule has 0 spiro atoms. The van der Waals surface area contributed by atoms with Gasteiger partial charge in [-0.15, -0.1) is 0 Å². The lowest BCUT2D eigenvalue weighted by atomic mass is 10.1. The molecular weight excluding hydrogens is 284 g/mol. The number of nitrogens with one attached hydrogen (secondary N) is 1. The number of hydrogen-bond acceptors (Lipinski definition) is 6. The van der Waals surface area contributed by atoms with Crippen LogP contribution in [0.4, 0.5) is 10.8 Å². The Morgan fingerprint density at radius 1 is 1.38 bits per heavy atom. The minimum absolute atomic E-state index is 0.535. The zero-order valence-corrected chi connectivity index (χ0v) is 12.5. The van der Waals surface area contributed by atoms with E-state index in [0.717, 1.165) is 34.9 Å². The molecular formula is C14H16N6S. The molecule has 6 nitrogen and oxygen atoms in total. The van der Waals surface area contributed by atoms with Gasteiger partial charge < -0.3 is 15.6 Å². The molecule has 0 unspecified atom stereocenters. The van der Waals surface area contributed by atoms with Crippen LogP contribution in [0.25, 0.3) is 11.1 Å². The van der Waals surface area contributed by atoms with Crippen LogP contribution in [0.2, 0.25) is 0 Å².